The van der Waals surface area contributed by atoms with E-state index in [1.807, 2.05) is 0 Å². The van der Waals surface area contributed by atoms with Gasteiger partial charge in [-0.25, -0.2) is 30.0 Å². The average Bonchev–Trinajstić information content (AvgIpc) is 3.70. The first-order valence-electron chi connectivity index (χ1n) is 10.1. The molecule has 0 bridgehead atoms. The molecule has 0 radical (unpaired) electrons. The number of hydrazine groups is 2. The Kier molecular flexibility index (Phi) is 16.7. The van der Waals surface area contributed by atoms with Gasteiger partial charge in [0.15, 0.2) is 8.64 Å². The molecule has 23 heteroatoms. The van der Waals surface area contributed by atoms with Crippen molar-refractivity contribution in [1.29, 1.82) is 0 Å². The van der Waals surface area contributed by atoms with Gasteiger partial charge in [0.1, 0.15) is 23.5 Å². The van der Waals surface area contributed by atoms with E-state index in [1.54, 1.807) is 33.5 Å². The summed E-state index contributed by atoms with van der Waals surface area (Å²) >= 11 is 40.3. The summed E-state index contributed by atoms with van der Waals surface area (Å²) in [6.45, 7) is 1.76. The van der Waals surface area contributed by atoms with E-state index >= 15 is 0 Å². The number of anilines is 2. The van der Waals surface area contributed by atoms with Crippen LogP contribution in [0.25, 0.3) is 0 Å². The summed E-state index contributed by atoms with van der Waals surface area (Å²) < 4.78 is 28.5. The van der Waals surface area contributed by atoms with Gasteiger partial charge in [-0.15, -0.1) is 48.8 Å². The van der Waals surface area contributed by atoms with E-state index in [2.05, 4.69) is 45.9 Å². The van der Waals surface area contributed by atoms with E-state index in [1.165, 1.54) is 34.9 Å². The maximum atomic E-state index is 8.50. The molecule has 2 aliphatic heterocycles. The molecular weight excluding hydrogens is 785 g/mol. The van der Waals surface area contributed by atoms with E-state index in [9.17, 15) is 0 Å². The molecule has 39 heavy (non-hydrogen) atoms. The SMILES string of the molecule is S=C([S-])N(c1ncco1)N(C(=S)S)C1NCCS1.S=C([S-])N(c1ncco1)N(C(=S)S)C1NCCS1.[O]=[Mo+2]=[O]. The second-order valence-corrected chi connectivity index (χ2v) is 13.5. The zero-order chi connectivity index (χ0) is 28.9. The number of hydrogen-bond acceptors (Lipinski definition) is 16. The number of thiol groups is 2. The fourth-order valence-corrected chi connectivity index (χ4v) is 6.69. The van der Waals surface area contributed by atoms with Crippen LogP contribution in [0.1, 0.15) is 0 Å². The second-order valence-electron chi connectivity index (χ2n) is 6.46. The molecule has 2 atom stereocenters. The summed E-state index contributed by atoms with van der Waals surface area (Å²) in [5, 5.41) is 12.8. The van der Waals surface area contributed by atoms with Crippen molar-refractivity contribution in [2.75, 3.05) is 34.6 Å². The number of nitrogens with zero attached hydrogens (tertiary/aromatic N) is 6. The van der Waals surface area contributed by atoms with Crippen LogP contribution in [-0.4, -0.2) is 72.9 Å². The molecule has 4 heterocycles. The van der Waals surface area contributed by atoms with Gasteiger partial charge >= 0.3 is 37.3 Å². The van der Waals surface area contributed by atoms with Gasteiger partial charge in [-0.05, 0) is 8.64 Å². The zero-order valence-corrected chi connectivity index (χ0v) is 29.5. The molecule has 212 valence electrons. The molecule has 2 N–H and O–H groups in total. The summed E-state index contributed by atoms with van der Waals surface area (Å²) in [6.07, 6.45) is 5.94. The van der Waals surface area contributed by atoms with Crippen molar-refractivity contribution in [2.24, 2.45) is 0 Å². The van der Waals surface area contributed by atoms with Crippen molar-refractivity contribution >= 4 is 152 Å². The van der Waals surface area contributed by atoms with Gasteiger partial charge in [-0.1, -0.05) is 24.4 Å². The normalized spacial score (nSPS) is 17.4. The van der Waals surface area contributed by atoms with Crippen LogP contribution in [0.4, 0.5) is 12.0 Å². The van der Waals surface area contributed by atoms with Crippen LogP contribution in [-0.2, 0) is 50.5 Å². The zero-order valence-electron chi connectivity index (χ0n) is 19.2. The second kappa shape index (κ2) is 18.5. The molecule has 2 aliphatic rings. The quantitative estimate of drug-likeness (QED) is 0.119. The Bertz CT molecular complexity index is 1050. The molecule has 0 aliphatic carbocycles. The van der Waals surface area contributed by atoms with Crippen molar-refractivity contribution in [3.05, 3.63) is 24.9 Å². The average molecular weight is 803 g/mol. The molecule has 2 aromatic rings. The Morgan fingerprint density at radius 1 is 0.872 bits per heavy atom. The summed E-state index contributed by atoms with van der Waals surface area (Å²) in [5.74, 6) is 1.95. The fourth-order valence-electron chi connectivity index (χ4n) is 2.88. The molecular formula is C16H18MoN8O4S10. The number of rotatable bonds is 4. The minimum atomic E-state index is -2.03. The third-order valence-corrected chi connectivity index (χ3v) is 7.93. The monoisotopic (exact) mass is 804 g/mol. The number of thiocarbonyl (C=S) groups is 4. The predicted octanol–water partition coefficient (Wildman–Crippen LogP) is 2.49. The third kappa shape index (κ3) is 10.7. The Hall–Kier alpha value is 0.0283. The first-order valence-corrected chi connectivity index (χ1v) is 17.2. The van der Waals surface area contributed by atoms with Crippen LogP contribution in [0, 0.1) is 0 Å². The van der Waals surface area contributed by atoms with Crippen molar-refractivity contribution in [2.45, 2.75) is 11.0 Å². The van der Waals surface area contributed by atoms with Crippen LogP contribution in [0.5, 0.6) is 0 Å². The number of nitrogens with one attached hydrogen (secondary N) is 2. The van der Waals surface area contributed by atoms with Crippen LogP contribution in [0.2, 0.25) is 0 Å². The van der Waals surface area contributed by atoms with E-state index in [0.717, 1.165) is 24.6 Å². The molecule has 0 saturated carbocycles. The summed E-state index contributed by atoms with van der Waals surface area (Å²) in [6, 6.07) is 0.557. The van der Waals surface area contributed by atoms with Gasteiger partial charge in [0.25, 0.3) is 0 Å². The summed E-state index contributed by atoms with van der Waals surface area (Å²) in [4.78, 5) is 8.09. The van der Waals surface area contributed by atoms with E-state index < -0.39 is 18.5 Å². The van der Waals surface area contributed by atoms with Crippen molar-refractivity contribution in [3.8, 4) is 0 Å². The minimum absolute atomic E-state index is 0.0807. The van der Waals surface area contributed by atoms with Crippen LogP contribution in [0.3, 0.4) is 0 Å². The van der Waals surface area contributed by atoms with Crippen molar-refractivity contribution < 1.29 is 34.1 Å². The Morgan fingerprint density at radius 3 is 1.44 bits per heavy atom. The topological polar surface area (TPSA) is 123 Å². The van der Waals surface area contributed by atoms with Crippen LogP contribution >= 0.6 is 97.7 Å². The van der Waals surface area contributed by atoms with Gasteiger partial charge < -0.3 is 58.5 Å². The number of thioether (sulfide) groups is 2. The van der Waals surface area contributed by atoms with E-state index in [-0.39, 0.29) is 31.7 Å². The van der Waals surface area contributed by atoms with Crippen LogP contribution < -0.4 is 20.7 Å². The molecule has 0 amide bonds. The Morgan fingerprint density at radius 2 is 1.23 bits per heavy atom. The van der Waals surface area contributed by atoms with Gasteiger partial charge in [0, 0.05) is 24.6 Å². The fraction of sp³-hybridized carbons (Fsp3) is 0.375. The van der Waals surface area contributed by atoms with Crippen molar-refractivity contribution in [1.82, 2.24) is 30.6 Å². The molecule has 2 saturated heterocycles. The molecule has 2 fully saturated rings. The first kappa shape index (κ1) is 35.2. The van der Waals surface area contributed by atoms with E-state index in [4.69, 9.17) is 89.8 Å². The Balaban J connectivity index is 0.000000249. The molecule has 2 aromatic heterocycles. The molecule has 0 spiro atoms. The van der Waals surface area contributed by atoms with Gasteiger partial charge in [0.2, 0.25) is 0 Å². The van der Waals surface area contributed by atoms with Gasteiger partial charge in [0.05, 0.1) is 12.4 Å². The molecule has 4 rings (SSSR count). The van der Waals surface area contributed by atoms with E-state index in [0.29, 0.717) is 8.64 Å². The third-order valence-electron chi connectivity index (χ3n) is 4.21. The standard InChI is InChI=1S/2C8H10N4OS5.Mo.2O/c2*14-7(15)11(5-9-1-3-13-5)12(8(16)17)6-10-2-4-18-6;;;/h2*1,3,6,10H,2,4H2,(H,14,15)(H,16,17);;;/q;;+2;;/p-2. The molecule has 0 aromatic carbocycles. The number of aromatic nitrogens is 2. The summed E-state index contributed by atoms with van der Waals surface area (Å²) in [5.41, 5.74) is -0.161. The molecule has 2 unspecified atom stereocenters. The summed E-state index contributed by atoms with van der Waals surface area (Å²) in [7, 11) is 0. The maximum absolute atomic E-state index is 8.50. The van der Waals surface area contributed by atoms with Crippen LogP contribution in [0.15, 0.2) is 33.8 Å². The van der Waals surface area contributed by atoms with Crippen molar-refractivity contribution in [3.63, 3.8) is 0 Å². The Labute approximate surface area is 284 Å². The van der Waals surface area contributed by atoms with Gasteiger partial charge in [-0.3, -0.25) is 10.6 Å². The van der Waals surface area contributed by atoms with Gasteiger partial charge in [-0.2, -0.15) is 0 Å². The number of oxazole rings is 2. The molecule has 12 nitrogen and oxygen atoms in total. The number of hydrogen-bond donors (Lipinski definition) is 4. The first-order chi connectivity index (χ1) is 18.6. The predicted molar refractivity (Wildman–Crippen MR) is 175 cm³/mol.